The van der Waals surface area contributed by atoms with Gasteiger partial charge in [-0.3, -0.25) is 4.79 Å². The van der Waals surface area contributed by atoms with Crippen LogP contribution in [0.3, 0.4) is 0 Å². The second-order valence-corrected chi connectivity index (χ2v) is 16.0. The summed E-state index contributed by atoms with van der Waals surface area (Å²) < 4.78 is 0. The summed E-state index contributed by atoms with van der Waals surface area (Å²) in [5, 5.41) is 0. The second kappa shape index (κ2) is 11.8. The van der Waals surface area contributed by atoms with Gasteiger partial charge < -0.3 is 0 Å². The third-order valence-corrected chi connectivity index (χ3v) is 10.7. The number of carbonyl (C=O) groups excluding carboxylic acids is 1. The molecule has 5 aromatic rings. The molecule has 0 amide bonds. The van der Waals surface area contributed by atoms with Crippen molar-refractivity contribution in [3.63, 3.8) is 0 Å². The smallest absolute Gasteiger partial charge is 0.196 e. The summed E-state index contributed by atoms with van der Waals surface area (Å²) in [4.78, 5) is 19.6. The molecule has 0 atom stereocenters. The zero-order chi connectivity index (χ0) is 31.2. The summed E-state index contributed by atoms with van der Waals surface area (Å²) in [6.07, 6.45) is 0. The molecular formula is C40H36OS3. The van der Waals surface area contributed by atoms with Crippen LogP contribution in [0.25, 0.3) is 11.1 Å². The van der Waals surface area contributed by atoms with Crippen LogP contribution in [-0.4, -0.2) is 10.6 Å². The first kappa shape index (κ1) is 30.6. The monoisotopic (exact) mass is 628 g/mol. The number of rotatable bonds is 5. The zero-order valence-electron chi connectivity index (χ0n) is 26.0. The van der Waals surface area contributed by atoms with E-state index in [0.717, 1.165) is 46.7 Å². The van der Waals surface area contributed by atoms with Gasteiger partial charge in [0, 0.05) is 41.8 Å². The highest BCUT2D eigenvalue weighted by Crippen LogP contribution is 2.45. The first-order chi connectivity index (χ1) is 20.9. The molecule has 220 valence electrons. The molecule has 0 fully saturated rings. The van der Waals surface area contributed by atoms with Crippen molar-refractivity contribution in [3.8, 4) is 11.1 Å². The number of thiocarbonyl (C=S) groups is 1. The second-order valence-electron chi connectivity index (χ2n) is 13.3. The van der Waals surface area contributed by atoms with Gasteiger partial charge >= 0.3 is 0 Å². The Balaban J connectivity index is 1.45. The molecule has 0 heterocycles. The van der Waals surface area contributed by atoms with Crippen molar-refractivity contribution in [1.29, 1.82) is 0 Å². The number of carbonyl (C=O) groups is 1. The molecule has 0 saturated carbocycles. The number of fused-ring (bicyclic) bond motifs is 2. The van der Waals surface area contributed by atoms with Crippen molar-refractivity contribution in [1.82, 2.24) is 0 Å². The summed E-state index contributed by atoms with van der Waals surface area (Å²) in [6.45, 7) is 13.3. The van der Waals surface area contributed by atoms with Crippen molar-refractivity contribution in [2.45, 2.75) is 72.0 Å². The summed E-state index contributed by atoms with van der Waals surface area (Å²) in [6, 6.07) is 37.9. The van der Waals surface area contributed by atoms with E-state index in [1.807, 2.05) is 36.4 Å². The van der Waals surface area contributed by atoms with Gasteiger partial charge in [-0.2, -0.15) is 0 Å². The third kappa shape index (κ3) is 5.96. The SMILES string of the molecule is CC(C)(C)c1ccc(Sc2cccc3c2C(=O)c2c(-c4ccccc4)ccc(Sc4ccc(C(C)(C)C)cc4)c2C3=S)cc1. The van der Waals surface area contributed by atoms with Gasteiger partial charge in [-0.1, -0.05) is 150 Å². The Morgan fingerprint density at radius 2 is 1.02 bits per heavy atom. The Hall–Kier alpha value is -3.44. The molecule has 0 spiro atoms. The van der Waals surface area contributed by atoms with Crippen molar-refractivity contribution in [3.05, 3.63) is 143 Å². The van der Waals surface area contributed by atoms with E-state index < -0.39 is 0 Å². The topological polar surface area (TPSA) is 17.1 Å². The van der Waals surface area contributed by atoms with E-state index in [-0.39, 0.29) is 16.6 Å². The highest BCUT2D eigenvalue weighted by Gasteiger charge is 2.34. The first-order valence-electron chi connectivity index (χ1n) is 14.9. The Kier molecular flexibility index (Phi) is 8.21. The van der Waals surface area contributed by atoms with Gasteiger partial charge in [-0.05, 0) is 69.5 Å². The fourth-order valence-corrected chi connectivity index (χ4v) is 7.98. The highest BCUT2D eigenvalue weighted by molar-refractivity contribution is 7.99. The van der Waals surface area contributed by atoms with E-state index in [4.69, 9.17) is 12.2 Å². The Morgan fingerprint density at radius 1 is 0.500 bits per heavy atom. The van der Waals surface area contributed by atoms with Gasteiger partial charge in [-0.25, -0.2) is 0 Å². The van der Waals surface area contributed by atoms with Crippen LogP contribution in [0.2, 0.25) is 0 Å². The molecule has 0 unspecified atom stereocenters. The van der Waals surface area contributed by atoms with Crippen molar-refractivity contribution >= 4 is 46.4 Å². The minimum absolute atomic E-state index is 0.0300. The molecule has 0 aliphatic heterocycles. The van der Waals surface area contributed by atoms with E-state index in [0.29, 0.717) is 11.1 Å². The van der Waals surface area contributed by atoms with E-state index in [1.54, 1.807) is 23.5 Å². The van der Waals surface area contributed by atoms with Crippen molar-refractivity contribution in [2.24, 2.45) is 0 Å². The van der Waals surface area contributed by atoms with E-state index >= 15 is 0 Å². The van der Waals surface area contributed by atoms with Gasteiger partial charge in [0.05, 0.1) is 4.86 Å². The Bertz CT molecular complexity index is 1870. The predicted molar refractivity (Wildman–Crippen MR) is 191 cm³/mol. The van der Waals surface area contributed by atoms with Crippen LogP contribution in [0, 0.1) is 0 Å². The minimum Gasteiger partial charge on any atom is -0.288 e. The maximum atomic E-state index is 14.7. The number of hydrogen-bond donors (Lipinski definition) is 0. The predicted octanol–water partition coefficient (Wildman–Crippen LogP) is 11.6. The van der Waals surface area contributed by atoms with E-state index in [2.05, 4.69) is 114 Å². The average Bonchev–Trinajstić information content (AvgIpc) is 3.00. The normalized spacial score (nSPS) is 13.0. The molecule has 0 bridgehead atoms. The molecule has 0 saturated heterocycles. The fourth-order valence-electron chi connectivity index (χ4n) is 5.59. The third-order valence-electron chi connectivity index (χ3n) is 8.10. The van der Waals surface area contributed by atoms with Crippen LogP contribution in [0.1, 0.15) is 79.7 Å². The fraction of sp³-hybridized carbons (Fsp3) is 0.200. The lowest BCUT2D eigenvalue weighted by atomic mass is 9.81. The standard InChI is InChI=1S/C40H36OS3/c1-39(2,3)26-15-19-28(20-16-26)43-32-14-10-13-31-34(32)37(41)35-30(25-11-8-7-9-12-25)23-24-33(36(35)38(31)42)44-29-21-17-27(18-22-29)40(4,5)6/h7-24H,1-6H3. The quantitative estimate of drug-likeness (QED) is 0.177. The van der Waals surface area contributed by atoms with Crippen LogP contribution < -0.4 is 0 Å². The molecule has 44 heavy (non-hydrogen) atoms. The molecule has 4 heteroatoms. The average molecular weight is 629 g/mol. The molecule has 1 nitrogen and oxygen atoms in total. The van der Waals surface area contributed by atoms with Gasteiger partial charge in [0.25, 0.3) is 0 Å². The summed E-state index contributed by atoms with van der Waals surface area (Å²) in [7, 11) is 0. The van der Waals surface area contributed by atoms with E-state index in [1.165, 1.54) is 11.1 Å². The maximum absolute atomic E-state index is 14.7. The number of benzene rings is 5. The van der Waals surface area contributed by atoms with Crippen LogP contribution in [0.5, 0.6) is 0 Å². The lowest BCUT2D eigenvalue weighted by molar-refractivity contribution is 0.103. The molecular weight excluding hydrogens is 593 g/mol. The van der Waals surface area contributed by atoms with Crippen LogP contribution in [0.15, 0.2) is 129 Å². The number of hydrogen-bond acceptors (Lipinski definition) is 4. The Labute approximate surface area is 275 Å². The first-order valence-corrected chi connectivity index (χ1v) is 17.0. The number of ketones is 1. The lowest BCUT2D eigenvalue weighted by Crippen LogP contribution is -2.23. The van der Waals surface area contributed by atoms with Crippen LogP contribution in [0.4, 0.5) is 0 Å². The van der Waals surface area contributed by atoms with Crippen molar-refractivity contribution in [2.75, 3.05) is 0 Å². The maximum Gasteiger partial charge on any atom is 0.196 e. The molecule has 0 aromatic heterocycles. The Morgan fingerprint density at radius 3 is 1.55 bits per heavy atom. The summed E-state index contributed by atoms with van der Waals surface area (Å²) >= 11 is 9.56. The molecule has 5 aromatic carbocycles. The van der Waals surface area contributed by atoms with E-state index in [9.17, 15) is 4.79 Å². The summed E-state index contributed by atoms with van der Waals surface area (Å²) in [5.74, 6) is 0.0300. The zero-order valence-corrected chi connectivity index (χ0v) is 28.5. The molecule has 0 radical (unpaired) electrons. The van der Waals surface area contributed by atoms with Crippen LogP contribution in [-0.2, 0) is 10.8 Å². The van der Waals surface area contributed by atoms with Gasteiger partial charge in [-0.15, -0.1) is 0 Å². The van der Waals surface area contributed by atoms with Gasteiger partial charge in [0.2, 0.25) is 0 Å². The van der Waals surface area contributed by atoms with Gasteiger partial charge in [0.1, 0.15) is 0 Å². The van der Waals surface area contributed by atoms with Crippen molar-refractivity contribution < 1.29 is 4.79 Å². The molecule has 1 aliphatic carbocycles. The molecule has 0 N–H and O–H groups in total. The molecule has 6 rings (SSSR count). The van der Waals surface area contributed by atoms with Gasteiger partial charge in [0.15, 0.2) is 5.78 Å². The largest absolute Gasteiger partial charge is 0.288 e. The van der Waals surface area contributed by atoms with Crippen LogP contribution >= 0.6 is 35.7 Å². The highest BCUT2D eigenvalue weighted by atomic mass is 32.2. The lowest BCUT2D eigenvalue weighted by Gasteiger charge is -2.26. The minimum atomic E-state index is 0.0300. The summed E-state index contributed by atoms with van der Waals surface area (Å²) in [5.41, 5.74) is 7.77. The molecule has 1 aliphatic rings.